The number of nitrogens with zero attached hydrogens (tertiary/aromatic N) is 1. The van der Waals surface area contributed by atoms with Gasteiger partial charge in [0.15, 0.2) is 5.96 Å². The molecule has 0 radical (unpaired) electrons. The molecule has 0 amide bonds. The summed E-state index contributed by atoms with van der Waals surface area (Å²) in [7, 11) is 1.83. The van der Waals surface area contributed by atoms with E-state index in [9.17, 15) is 0 Å². The van der Waals surface area contributed by atoms with Gasteiger partial charge in [0.2, 0.25) is 0 Å². The molecule has 1 unspecified atom stereocenters. The number of hydrogen-bond donors (Lipinski definition) is 2. The van der Waals surface area contributed by atoms with Crippen LogP contribution in [-0.4, -0.2) is 38.3 Å². The average Bonchev–Trinajstić information content (AvgIpc) is 2.77. The molecule has 0 bridgehead atoms. The van der Waals surface area contributed by atoms with E-state index in [1.807, 2.05) is 7.05 Å². The third kappa shape index (κ3) is 8.97. The maximum absolute atomic E-state index is 6.00. The number of ether oxygens (including phenoxy) is 1. The lowest BCUT2D eigenvalue weighted by Gasteiger charge is -2.17. The molecule has 0 saturated heterocycles. The molecular weight excluding hydrogens is 262 g/mol. The smallest absolute Gasteiger partial charge is 0.191 e. The number of aliphatic imine (C=N–C) groups is 1. The predicted octanol–water partition coefficient (Wildman–Crippen LogP) is 3.47. The van der Waals surface area contributed by atoms with Crippen LogP contribution in [-0.2, 0) is 4.74 Å². The van der Waals surface area contributed by atoms with Gasteiger partial charge in [-0.15, -0.1) is 0 Å². The van der Waals surface area contributed by atoms with E-state index in [-0.39, 0.29) is 0 Å². The van der Waals surface area contributed by atoms with Crippen molar-refractivity contribution in [2.24, 2.45) is 4.99 Å². The quantitative estimate of drug-likeness (QED) is 0.312. The molecule has 124 valence electrons. The van der Waals surface area contributed by atoms with E-state index in [0.717, 1.165) is 38.4 Å². The van der Waals surface area contributed by atoms with Gasteiger partial charge >= 0.3 is 0 Å². The zero-order valence-electron chi connectivity index (χ0n) is 14.3. The average molecular weight is 297 g/mol. The summed E-state index contributed by atoms with van der Waals surface area (Å²) < 4.78 is 6.00. The van der Waals surface area contributed by atoms with E-state index < -0.39 is 0 Å². The Bertz CT molecular complexity index is 273. The van der Waals surface area contributed by atoms with Gasteiger partial charge in [0.25, 0.3) is 0 Å². The summed E-state index contributed by atoms with van der Waals surface area (Å²) in [5, 5.41) is 6.74. The third-order valence-electron chi connectivity index (χ3n) is 4.24. The first-order chi connectivity index (χ1) is 10.3. The summed E-state index contributed by atoms with van der Waals surface area (Å²) in [5.41, 5.74) is 0. The lowest BCUT2D eigenvalue weighted by Crippen LogP contribution is -2.42. The number of guanidine groups is 1. The lowest BCUT2D eigenvalue weighted by atomic mass is 10.1. The molecule has 21 heavy (non-hydrogen) atoms. The summed E-state index contributed by atoms with van der Waals surface area (Å²) >= 11 is 0. The Morgan fingerprint density at radius 1 is 1.19 bits per heavy atom. The lowest BCUT2D eigenvalue weighted by molar-refractivity contribution is 0.0411. The Morgan fingerprint density at radius 3 is 2.52 bits per heavy atom. The molecule has 0 spiro atoms. The maximum Gasteiger partial charge on any atom is 0.191 e. The fourth-order valence-corrected chi connectivity index (χ4v) is 2.62. The van der Waals surface area contributed by atoms with Crippen LogP contribution in [0.15, 0.2) is 4.99 Å². The van der Waals surface area contributed by atoms with Crippen molar-refractivity contribution < 1.29 is 4.74 Å². The van der Waals surface area contributed by atoms with Crippen molar-refractivity contribution in [3.63, 3.8) is 0 Å². The molecule has 0 aliphatic heterocycles. The highest BCUT2D eigenvalue weighted by Crippen LogP contribution is 2.19. The Balaban J connectivity index is 2.00. The van der Waals surface area contributed by atoms with Gasteiger partial charge in [-0.05, 0) is 39.0 Å². The fraction of sp³-hybridized carbons (Fsp3) is 0.941. The summed E-state index contributed by atoms with van der Waals surface area (Å²) in [6, 6.07) is 0.467. The van der Waals surface area contributed by atoms with Gasteiger partial charge in [-0.1, -0.05) is 32.6 Å². The molecule has 0 aromatic heterocycles. The standard InChI is InChI=1S/C17H35N3O/c1-4-15(2)20-17(18-3)19-13-9-10-14-21-16-11-7-5-6-8-12-16/h15-16H,4-14H2,1-3H3,(H2,18,19,20). The van der Waals surface area contributed by atoms with E-state index in [0.29, 0.717) is 12.1 Å². The number of nitrogens with one attached hydrogen (secondary N) is 2. The van der Waals surface area contributed by atoms with Gasteiger partial charge in [0, 0.05) is 26.2 Å². The van der Waals surface area contributed by atoms with Gasteiger partial charge in [-0.2, -0.15) is 0 Å². The van der Waals surface area contributed by atoms with Crippen molar-refractivity contribution >= 4 is 5.96 Å². The van der Waals surface area contributed by atoms with E-state index in [1.165, 1.54) is 38.5 Å². The monoisotopic (exact) mass is 297 g/mol. The molecule has 0 aromatic carbocycles. The Labute approximate surface area is 131 Å². The molecule has 4 nitrogen and oxygen atoms in total. The van der Waals surface area contributed by atoms with Crippen LogP contribution in [0.3, 0.4) is 0 Å². The Hall–Kier alpha value is -0.770. The largest absolute Gasteiger partial charge is 0.378 e. The highest BCUT2D eigenvalue weighted by atomic mass is 16.5. The summed E-state index contributed by atoms with van der Waals surface area (Å²) in [4.78, 5) is 4.24. The zero-order chi connectivity index (χ0) is 15.3. The Kier molecular flexibility index (Phi) is 10.3. The molecule has 1 atom stereocenters. The molecule has 1 saturated carbocycles. The molecule has 1 aliphatic rings. The molecular formula is C17H35N3O. The predicted molar refractivity (Wildman–Crippen MR) is 90.9 cm³/mol. The van der Waals surface area contributed by atoms with Crippen molar-refractivity contribution in [3.8, 4) is 0 Å². The Morgan fingerprint density at radius 2 is 1.90 bits per heavy atom. The van der Waals surface area contributed by atoms with Gasteiger partial charge < -0.3 is 15.4 Å². The second kappa shape index (κ2) is 11.8. The minimum Gasteiger partial charge on any atom is -0.378 e. The third-order valence-corrected chi connectivity index (χ3v) is 4.24. The van der Waals surface area contributed by atoms with E-state index >= 15 is 0 Å². The first-order valence-corrected chi connectivity index (χ1v) is 8.85. The van der Waals surface area contributed by atoms with Crippen molar-refractivity contribution in [1.82, 2.24) is 10.6 Å². The number of rotatable bonds is 8. The van der Waals surface area contributed by atoms with Crippen LogP contribution in [0.5, 0.6) is 0 Å². The van der Waals surface area contributed by atoms with Gasteiger partial charge in [0.1, 0.15) is 0 Å². The van der Waals surface area contributed by atoms with E-state index in [2.05, 4.69) is 29.5 Å². The minimum atomic E-state index is 0.467. The van der Waals surface area contributed by atoms with Crippen LogP contribution in [0.2, 0.25) is 0 Å². The number of hydrogen-bond acceptors (Lipinski definition) is 2. The fourth-order valence-electron chi connectivity index (χ4n) is 2.62. The first-order valence-electron chi connectivity index (χ1n) is 8.85. The van der Waals surface area contributed by atoms with E-state index in [4.69, 9.17) is 4.74 Å². The topological polar surface area (TPSA) is 45.7 Å². The zero-order valence-corrected chi connectivity index (χ0v) is 14.3. The molecule has 1 rings (SSSR count). The summed E-state index contributed by atoms with van der Waals surface area (Å²) in [6.07, 6.45) is 11.9. The van der Waals surface area contributed by atoms with Gasteiger partial charge in [-0.25, -0.2) is 0 Å². The normalized spacial score (nSPS) is 19.1. The summed E-state index contributed by atoms with van der Waals surface area (Å²) in [5.74, 6) is 0.911. The molecule has 1 aliphatic carbocycles. The highest BCUT2D eigenvalue weighted by Gasteiger charge is 2.11. The van der Waals surface area contributed by atoms with Crippen molar-refractivity contribution in [2.75, 3.05) is 20.2 Å². The van der Waals surface area contributed by atoms with Crippen LogP contribution in [0.1, 0.15) is 71.6 Å². The number of unbranched alkanes of at least 4 members (excludes halogenated alkanes) is 1. The maximum atomic E-state index is 6.00. The van der Waals surface area contributed by atoms with Crippen LogP contribution in [0.25, 0.3) is 0 Å². The first kappa shape index (κ1) is 18.3. The second-order valence-electron chi connectivity index (χ2n) is 6.14. The van der Waals surface area contributed by atoms with E-state index in [1.54, 1.807) is 0 Å². The van der Waals surface area contributed by atoms with Crippen molar-refractivity contribution in [1.29, 1.82) is 0 Å². The van der Waals surface area contributed by atoms with Gasteiger partial charge in [-0.3, -0.25) is 4.99 Å². The molecule has 0 aromatic rings. The highest BCUT2D eigenvalue weighted by molar-refractivity contribution is 5.79. The SMILES string of the molecule is CCC(C)NC(=NC)NCCCCOC1CCCCCC1. The molecule has 2 N–H and O–H groups in total. The van der Waals surface area contributed by atoms with Crippen LogP contribution >= 0.6 is 0 Å². The van der Waals surface area contributed by atoms with Crippen molar-refractivity contribution in [2.45, 2.75) is 83.8 Å². The minimum absolute atomic E-state index is 0.467. The van der Waals surface area contributed by atoms with Crippen LogP contribution in [0, 0.1) is 0 Å². The molecule has 0 heterocycles. The van der Waals surface area contributed by atoms with Crippen LogP contribution < -0.4 is 10.6 Å². The second-order valence-corrected chi connectivity index (χ2v) is 6.14. The van der Waals surface area contributed by atoms with Gasteiger partial charge in [0.05, 0.1) is 6.10 Å². The molecule has 1 fully saturated rings. The summed E-state index contributed by atoms with van der Waals surface area (Å²) in [6.45, 7) is 6.22. The van der Waals surface area contributed by atoms with Crippen LogP contribution in [0.4, 0.5) is 0 Å². The van der Waals surface area contributed by atoms with Crippen molar-refractivity contribution in [3.05, 3.63) is 0 Å². The molecule has 4 heteroatoms.